The maximum absolute atomic E-state index is 6.26. The van der Waals surface area contributed by atoms with Gasteiger partial charge in [-0.05, 0) is 51.8 Å². The first-order valence-corrected chi connectivity index (χ1v) is 12.0. The molecule has 9 heteroatoms. The molecule has 34 heavy (non-hydrogen) atoms. The summed E-state index contributed by atoms with van der Waals surface area (Å²) in [6.45, 7) is 10.7. The highest BCUT2D eigenvalue weighted by molar-refractivity contribution is 5.92. The minimum atomic E-state index is 0.130. The van der Waals surface area contributed by atoms with Crippen LogP contribution in [0.15, 0.2) is 41.1 Å². The molecule has 0 radical (unpaired) electrons. The molecule has 0 aromatic carbocycles. The third-order valence-corrected chi connectivity index (χ3v) is 6.96. The van der Waals surface area contributed by atoms with Gasteiger partial charge >= 0.3 is 0 Å². The summed E-state index contributed by atoms with van der Waals surface area (Å²) in [6, 6.07) is 7.96. The highest BCUT2D eigenvalue weighted by atomic mass is 16.5. The van der Waals surface area contributed by atoms with Crippen molar-refractivity contribution < 1.29 is 9.15 Å². The van der Waals surface area contributed by atoms with E-state index in [4.69, 9.17) is 19.9 Å². The Balaban J connectivity index is 1.30. The van der Waals surface area contributed by atoms with Crippen LogP contribution in [0.2, 0.25) is 0 Å². The number of fused-ring (bicyclic) bond motifs is 2. The molecule has 5 heterocycles. The number of hydrogen-bond donors (Lipinski definition) is 1. The summed E-state index contributed by atoms with van der Waals surface area (Å²) in [5.74, 6) is 2.24. The smallest absolute Gasteiger partial charge is 0.232 e. The van der Waals surface area contributed by atoms with E-state index >= 15 is 0 Å². The molecule has 4 aromatic heterocycles. The fourth-order valence-corrected chi connectivity index (χ4v) is 4.88. The number of furan rings is 1. The van der Waals surface area contributed by atoms with Crippen LogP contribution < -0.4 is 15.4 Å². The van der Waals surface area contributed by atoms with Crippen LogP contribution in [0.3, 0.4) is 0 Å². The van der Waals surface area contributed by atoms with Gasteiger partial charge in [-0.25, -0.2) is 14.5 Å². The molecule has 4 aromatic rings. The van der Waals surface area contributed by atoms with E-state index in [-0.39, 0.29) is 17.7 Å². The lowest BCUT2D eigenvalue weighted by Crippen LogP contribution is -2.53. The number of anilines is 1. The van der Waals surface area contributed by atoms with E-state index in [2.05, 4.69) is 46.7 Å². The van der Waals surface area contributed by atoms with E-state index in [0.29, 0.717) is 11.6 Å². The van der Waals surface area contributed by atoms with Crippen LogP contribution in [0, 0.1) is 0 Å². The lowest BCUT2D eigenvalue weighted by atomic mass is 9.90. The monoisotopic (exact) mass is 461 g/mol. The third-order valence-electron chi connectivity index (χ3n) is 6.96. The molecule has 2 N–H and O–H groups in total. The second-order valence-corrected chi connectivity index (χ2v) is 10.4. The molecule has 1 saturated carbocycles. The Morgan fingerprint density at radius 1 is 1.06 bits per heavy atom. The van der Waals surface area contributed by atoms with Crippen LogP contribution in [-0.2, 0) is 0 Å². The molecular formula is C25H31N7O2. The molecule has 2 aliphatic rings. The van der Waals surface area contributed by atoms with E-state index in [1.54, 1.807) is 10.7 Å². The van der Waals surface area contributed by atoms with Crippen LogP contribution in [0.5, 0.6) is 5.88 Å². The van der Waals surface area contributed by atoms with Gasteiger partial charge in [0.05, 0.1) is 11.6 Å². The van der Waals surface area contributed by atoms with Gasteiger partial charge in [0.1, 0.15) is 23.2 Å². The van der Waals surface area contributed by atoms with Gasteiger partial charge in [0.15, 0.2) is 11.4 Å². The Morgan fingerprint density at radius 3 is 2.59 bits per heavy atom. The van der Waals surface area contributed by atoms with E-state index in [1.807, 2.05) is 24.4 Å². The fourth-order valence-electron chi connectivity index (χ4n) is 4.88. The van der Waals surface area contributed by atoms with E-state index in [1.165, 1.54) is 0 Å². The fraction of sp³-hybridized carbons (Fsp3) is 0.480. The van der Waals surface area contributed by atoms with Crippen molar-refractivity contribution in [3.05, 3.63) is 36.7 Å². The van der Waals surface area contributed by atoms with Gasteiger partial charge in [0, 0.05) is 50.0 Å². The van der Waals surface area contributed by atoms with Crippen molar-refractivity contribution in [1.82, 2.24) is 24.5 Å². The lowest BCUT2D eigenvalue weighted by Gasteiger charge is -2.42. The number of nitrogens with zero attached hydrogens (tertiary/aromatic N) is 6. The van der Waals surface area contributed by atoms with Gasteiger partial charge in [-0.3, -0.25) is 4.90 Å². The highest BCUT2D eigenvalue weighted by Crippen LogP contribution is 2.34. The van der Waals surface area contributed by atoms with Crippen LogP contribution in [0.1, 0.15) is 33.6 Å². The molecule has 0 unspecified atom stereocenters. The molecule has 2 fully saturated rings. The summed E-state index contributed by atoms with van der Waals surface area (Å²) in [5, 5.41) is 5.68. The largest absolute Gasteiger partial charge is 0.473 e. The number of rotatable bonds is 4. The molecule has 9 nitrogen and oxygen atoms in total. The lowest BCUT2D eigenvalue weighted by molar-refractivity contribution is 0.0944. The molecule has 6 rings (SSSR count). The normalized spacial score (nSPS) is 21.8. The Labute approximate surface area is 198 Å². The first-order chi connectivity index (χ1) is 16.3. The molecule has 0 bridgehead atoms. The first-order valence-electron chi connectivity index (χ1n) is 12.0. The molecule has 0 atom stereocenters. The molecular weight excluding hydrogens is 430 g/mol. The Hall–Kier alpha value is -3.17. The zero-order valence-electron chi connectivity index (χ0n) is 19.9. The topological polar surface area (TPSA) is 98.0 Å². The first kappa shape index (κ1) is 21.4. The number of hydrogen-bond acceptors (Lipinski definition) is 8. The van der Waals surface area contributed by atoms with Crippen molar-refractivity contribution in [3.63, 3.8) is 0 Å². The number of imidazole rings is 1. The van der Waals surface area contributed by atoms with Crippen LogP contribution in [0.25, 0.3) is 28.1 Å². The molecule has 0 spiro atoms. The second-order valence-electron chi connectivity index (χ2n) is 10.4. The Kier molecular flexibility index (Phi) is 5.00. The molecule has 1 aliphatic heterocycles. The van der Waals surface area contributed by atoms with Gasteiger partial charge in [0.2, 0.25) is 5.88 Å². The van der Waals surface area contributed by atoms with Gasteiger partial charge < -0.3 is 19.8 Å². The Bertz CT molecular complexity index is 1320. The maximum atomic E-state index is 6.26. The van der Waals surface area contributed by atoms with Crippen molar-refractivity contribution in [2.75, 3.05) is 31.1 Å². The van der Waals surface area contributed by atoms with Gasteiger partial charge in [-0.2, -0.15) is 0 Å². The van der Waals surface area contributed by atoms with Crippen molar-refractivity contribution >= 4 is 22.4 Å². The van der Waals surface area contributed by atoms with Gasteiger partial charge in [-0.1, -0.05) is 0 Å². The van der Waals surface area contributed by atoms with Crippen molar-refractivity contribution in [3.8, 4) is 17.3 Å². The van der Waals surface area contributed by atoms with Crippen LogP contribution in [-0.4, -0.2) is 68.3 Å². The number of nitrogens with two attached hydrogens (primary N) is 1. The molecule has 1 saturated heterocycles. The van der Waals surface area contributed by atoms with Crippen molar-refractivity contribution in [2.45, 2.75) is 51.3 Å². The van der Waals surface area contributed by atoms with Gasteiger partial charge in [-0.15, -0.1) is 5.10 Å². The quantitative estimate of drug-likeness (QED) is 0.494. The van der Waals surface area contributed by atoms with E-state index in [0.717, 1.165) is 67.1 Å². The average molecular weight is 462 g/mol. The maximum Gasteiger partial charge on any atom is 0.232 e. The summed E-state index contributed by atoms with van der Waals surface area (Å²) in [7, 11) is 0. The molecule has 178 valence electrons. The van der Waals surface area contributed by atoms with Gasteiger partial charge in [0.25, 0.3) is 0 Å². The summed E-state index contributed by atoms with van der Waals surface area (Å²) >= 11 is 0. The van der Waals surface area contributed by atoms with Crippen LogP contribution >= 0.6 is 0 Å². The summed E-state index contributed by atoms with van der Waals surface area (Å²) < 4.78 is 14.0. The highest BCUT2D eigenvalue weighted by Gasteiger charge is 2.29. The summed E-state index contributed by atoms with van der Waals surface area (Å²) in [4.78, 5) is 14.1. The summed E-state index contributed by atoms with van der Waals surface area (Å²) in [5.41, 5.74) is 8.40. The molecule has 0 amide bonds. The number of pyridine rings is 1. The number of ether oxygens (including phenoxy) is 1. The number of aromatic nitrogens is 4. The number of piperazine rings is 1. The predicted molar refractivity (Wildman–Crippen MR) is 131 cm³/mol. The zero-order chi connectivity index (χ0) is 23.4. The second kappa shape index (κ2) is 7.95. The Morgan fingerprint density at radius 2 is 1.85 bits per heavy atom. The SMILES string of the molecule is CC(C)(C)N1CCN(c2nccc3oc(-c4cnc5ccc(O[C@H]6C[C@H](N)C6)nn45)cc23)CC1. The third kappa shape index (κ3) is 3.78. The average Bonchev–Trinajstić information content (AvgIpc) is 3.41. The van der Waals surface area contributed by atoms with E-state index in [9.17, 15) is 0 Å². The zero-order valence-corrected chi connectivity index (χ0v) is 19.9. The minimum Gasteiger partial charge on any atom is -0.473 e. The molecule has 1 aliphatic carbocycles. The predicted octanol–water partition coefficient (Wildman–Crippen LogP) is 3.33. The van der Waals surface area contributed by atoms with Crippen molar-refractivity contribution in [1.29, 1.82) is 0 Å². The van der Waals surface area contributed by atoms with Crippen molar-refractivity contribution in [2.24, 2.45) is 5.73 Å². The van der Waals surface area contributed by atoms with E-state index < -0.39 is 0 Å². The minimum absolute atomic E-state index is 0.130. The standard InChI is InChI=1S/C25H31N7O2/c1-25(2,3)31-10-8-30(9-11-31)24-18-14-21(34-20(18)6-7-27-24)19-15-28-22-4-5-23(29-32(19)22)33-17-12-16(26)13-17/h4-7,14-17H,8-13,26H2,1-3H3/t16-,17-. The summed E-state index contributed by atoms with van der Waals surface area (Å²) in [6.07, 6.45) is 5.46. The van der Waals surface area contributed by atoms with Crippen LogP contribution in [0.4, 0.5) is 5.82 Å².